The largest absolute Gasteiger partial charge is 0.490 e. The second-order valence-corrected chi connectivity index (χ2v) is 7.83. The number of benzene rings is 2. The Balaban J connectivity index is 1.59. The van der Waals surface area contributed by atoms with Gasteiger partial charge >= 0.3 is 0 Å². The second kappa shape index (κ2) is 11.4. The van der Waals surface area contributed by atoms with E-state index in [1.165, 1.54) is 12.1 Å². The number of amides is 1. The van der Waals surface area contributed by atoms with E-state index in [1.54, 1.807) is 12.1 Å². The van der Waals surface area contributed by atoms with Crippen LogP contribution < -0.4 is 19.5 Å². The lowest BCUT2D eigenvalue weighted by molar-refractivity contribution is 0.0919. The summed E-state index contributed by atoms with van der Waals surface area (Å²) in [5.74, 6) is 1.84. The summed E-state index contributed by atoms with van der Waals surface area (Å²) < 4.78 is 22.4. The molecule has 0 spiro atoms. The van der Waals surface area contributed by atoms with Gasteiger partial charge in [0.15, 0.2) is 23.0 Å². The molecule has 0 unspecified atom stereocenters. The molecule has 0 aliphatic carbocycles. The lowest BCUT2D eigenvalue weighted by Crippen LogP contribution is -2.22. The second-order valence-electron chi connectivity index (χ2n) is 6.58. The summed E-state index contributed by atoms with van der Waals surface area (Å²) in [6.45, 7) is 5.21. The van der Waals surface area contributed by atoms with Crippen molar-refractivity contribution in [3.05, 3.63) is 74.6 Å². The van der Waals surface area contributed by atoms with Gasteiger partial charge in [0.1, 0.15) is 12.4 Å². The molecular formula is C23H22Cl3NO5. The van der Waals surface area contributed by atoms with Crippen molar-refractivity contribution in [2.24, 2.45) is 0 Å². The Morgan fingerprint density at radius 1 is 0.906 bits per heavy atom. The molecule has 1 heterocycles. The van der Waals surface area contributed by atoms with Crippen LogP contribution in [0, 0.1) is 0 Å². The highest BCUT2D eigenvalue weighted by atomic mass is 35.5. The molecular weight excluding hydrogens is 477 g/mol. The molecule has 1 amide bonds. The number of rotatable bonds is 10. The molecule has 1 N–H and O–H groups in total. The van der Waals surface area contributed by atoms with Crippen LogP contribution in [0.3, 0.4) is 0 Å². The minimum absolute atomic E-state index is 0.0466. The maximum atomic E-state index is 12.5. The van der Waals surface area contributed by atoms with E-state index in [4.69, 9.17) is 53.4 Å². The number of ether oxygens (including phenoxy) is 3. The molecule has 6 nitrogen and oxygen atoms in total. The Morgan fingerprint density at radius 3 is 2.28 bits per heavy atom. The van der Waals surface area contributed by atoms with E-state index in [0.717, 1.165) is 5.56 Å². The van der Waals surface area contributed by atoms with Crippen LogP contribution in [-0.2, 0) is 13.2 Å². The van der Waals surface area contributed by atoms with E-state index in [1.807, 2.05) is 32.0 Å². The van der Waals surface area contributed by atoms with Gasteiger partial charge in [-0.25, -0.2) is 0 Å². The predicted octanol–water partition coefficient (Wildman–Crippen LogP) is 6.55. The zero-order valence-corrected chi connectivity index (χ0v) is 19.8. The van der Waals surface area contributed by atoms with Gasteiger partial charge in [0.2, 0.25) is 0 Å². The maximum Gasteiger partial charge on any atom is 0.287 e. The van der Waals surface area contributed by atoms with Crippen LogP contribution in [0.5, 0.6) is 17.2 Å². The van der Waals surface area contributed by atoms with Gasteiger partial charge in [0.05, 0.1) is 23.3 Å². The Kier molecular flexibility index (Phi) is 8.56. The van der Waals surface area contributed by atoms with Gasteiger partial charge in [-0.2, -0.15) is 0 Å². The highest BCUT2D eigenvalue weighted by molar-refractivity contribution is 6.40. The van der Waals surface area contributed by atoms with Crippen LogP contribution in [0.1, 0.15) is 35.7 Å². The molecule has 0 aliphatic rings. The van der Waals surface area contributed by atoms with Crippen molar-refractivity contribution >= 4 is 40.7 Å². The van der Waals surface area contributed by atoms with Crippen molar-refractivity contribution < 1.29 is 23.4 Å². The highest BCUT2D eigenvalue weighted by Gasteiger charge is 2.14. The fourth-order valence-corrected chi connectivity index (χ4v) is 3.79. The van der Waals surface area contributed by atoms with Crippen molar-refractivity contribution in [2.45, 2.75) is 27.0 Å². The van der Waals surface area contributed by atoms with Crippen LogP contribution in [-0.4, -0.2) is 19.1 Å². The molecule has 3 rings (SSSR count). The zero-order chi connectivity index (χ0) is 23.1. The molecule has 1 aromatic heterocycles. The number of carbonyl (C=O) groups excluding carboxylic acids is 1. The molecule has 32 heavy (non-hydrogen) atoms. The molecule has 3 aromatic rings. The van der Waals surface area contributed by atoms with Crippen molar-refractivity contribution in [2.75, 3.05) is 13.2 Å². The summed E-state index contributed by atoms with van der Waals surface area (Å²) in [4.78, 5) is 12.5. The van der Waals surface area contributed by atoms with Gasteiger partial charge in [-0.1, -0.05) is 40.9 Å². The molecule has 0 fully saturated rings. The highest BCUT2D eigenvalue weighted by Crippen LogP contribution is 2.36. The van der Waals surface area contributed by atoms with Gasteiger partial charge in [-0.15, -0.1) is 0 Å². The Bertz CT molecular complexity index is 1060. The van der Waals surface area contributed by atoms with Crippen LogP contribution in [0.4, 0.5) is 0 Å². The molecule has 0 saturated heterocycles. The van der Waals surface area contributed by atoms with E-state index in [-0.39, 0.29) is 28.3 Å². The summed E-state index contributed by atoms with van der Waals surface area (Å²) in [6.07, 6.45) is 0. The number of nitrogens with one attached hydrogen (secondary N) is 1. The van der Waals surface area contributed by atoms with Gasteiger partial charge in [-0.05, 0) is 55.8 Å². The van der Waals surface area contributed by atoms with Gasteiger partial charge in [-0.3, -0.25) is 4.79 Å². The summed E-state index contributed by atoms with van der Waals surface area (Å²) in [7, 11) is 0. The zero-order valence-electron chi connectivity index (χ0n) is 17.5. The molecule has 170 valence electrons. The summed E-state index contributed by atoms with van der Waals surface area (Å²) in [6, 6.07) is 11.8. The minimum atomic E-state index is -0.356. The SMILES string of the molecule is CCOc1ccc(CNC(=O)c2ccc(COc3c(Cl)cc(Cl)cc3Cl)o2)cc1OCC. The fourth-order valence-electron chi connectivity index (χ4n) is 2.86. The van der Waals surface area contributed by atoms with Crippen LogP contribution in [0.2, 0.25) is 15.1 Å². The monoisotopic (exact) mass is 497 g/mol. The van der Waals surface area contributed by atoms with E-state index in [9.17, 15) is 4.79 Å². The molecule has 9 heteroatoms. The molecule has 0 radical (unpaired) electrons. The average molecular weight is 499 g/mol. The topological polar surface area (TPSA) is 69.9 Å². The lowest BCUT2D eigenvalue weighted by atomic mass is 10.2. The standard InChI is InChI=1S/C23H22Cl3NO5/c1-3-29-19-7-5-14(9-21(19)30-4-2)12-27-23(28)20-8-6-16(32-20)13-31-22-17(25)10-15(24)11-18(22)26/h5-11H,3-4,12-13H2,1-2H3,(H,27,28). The third-order valence-electron chi connectivity index (χ3n) is 4.27. The molecule has 0 saturated carbocycles. The average Bonchev–Trinajstić information content (AvgIpc) is 3.22. The Labute approximate surface area is 201 Å². The predicted molar refractivity (Wildman–Crippen MR) is 124 cm³/mol. The van der Waals surface area contributed by atoms with Crippen LogP contribution in [0.25, 0.3) is 0 Å². The van der Waals surface area contributed by atoms with Crippen molar-refractivity contribution in [3.8, 4) is 17.2 Å². The van der Waals surface area contributed by atoms with Gasteiger partial charge in [0, 0.05) is 11.6 Å². The number of carbonyl (C=O) groups is 1. The maximum absolute atomic E-state index is 12.5. The van der Waals surface area contributed by atoms with Crippen molar-refractivity contribution in [1.82, 2.24) is 5.32 Å². The molecule has 2 aromatic carbocycles. The normalized spacial score (nSPS) is 10.7. The lowest BCUT2D eigenvalue weighted by Gasteiger charge is -2.12. The Hall–Kier alpha value is -2.54. The van der Waals surface area contributed by atoms with E-state index in [0.29, 0.717) is 47.8 Å². The van der Waals surface area contributed by atoms with Crippen molar-refractivity contribution in [1.29, 1.82) is 0 Å². The first-order valence-corrected chi connectivity index (χ1v) is 11.1. The first kappa shape index (κ1) is 24.1. The summed E-state index contributed by atoms with van der Waals surface area (Å²) >= 11 is 18.1. The third-order valence-corrected chi connectivity index (χ3v) is 5.05. The quantitative estimate of drug-likeness (QED) is 0.343. The first-order chi connectivity index (χ1) is 15.4. The number of hydrogen-bond donors (Lipinski definition) is 1. The van der Waals surface area contributed by atoms with Crippen molar-refractivity contribution in [3.63, 3.8) is 0 Å². The van der Waals surface area contributed by atoms with E-state index >= 15 is 0 Å². The molecule has 0 aliphatic heterocycles. The molecule has 0 atom stereocenters. The summed E-state index contributed by atoms with van der Waals surface area (Å²) in [5, 5.41) is 3.80. The minimum Gasteiger partial charge on any atom is -0.490 e. The van der Waals surface area contributed by atoms with E-state index in [2.05, 4.69) is 5.32 Å². The number of hydrogen-bond acceptors (Lipinski definition) is 5. The number of halogens is 3. The Morgan fingerprint density at radius 2 is 1.59 bits per heavy atom. The first-order valence-electron chi connectivity index (χ1n) is 9.94. The van der Waals surface area contributed by atoms with Crippen LogP contribution in [0.15, 0.2) is 46.9 Å². The smallest absolute Gasteiger partial charge is 0.287 e. The summed E-state index contributed by atoms with van der Waals surface area (Å²) in [5.41, 5.74) is 0.868. The van der Waals surface area contributed by atoms with Gasteiger partial charge in [0.25, 0.3) is 5.91 Å². The van der Waals surface area contributed by atoms with Crippen LogP contribution >= 0.6 is 34.8 Å². The fraction of sp³-hybridized carbons (Fsp3) is 0.261. The van der Waals surface area contributed by atoms with Gasteiger partial charge < -0.3 is 23.9 Å². The third kappa shape index (κ3) is 6.25. The number of furan rings is 1. The van der Waals surface area contributed by atoms with E-state index < -0.39 is 0 Å². The molecule has 0 bridgehead atoms.